The Labute approximate surface area is 169 Å². The van der Waals surface area contributed by atoms with Crippen LogP contribution in [0.5, 0.6) is 0 Å². The number of hydrogen-bond acceptors (Lipinski definition) is 4. The molecule has 0 aliphatic carbocycles. The number of aliphatic carboxylic acids is 2. The average molecular weight is 399 g/mol. The van der Waals surface area contributed by atoms with E-state index in [1.54, 1.807) is 0 Å². The fraction of sp³-hybridized carbons (Fsp3) is 0.318. The van der Waals surface area contributed by atoms with E-state index >= 15 is 0 Å². The third-order valence-corrected chi connectivity index (χ3v) is 4.53. The van der Waals surface area contributed by atoms with Crippen LogP contribution in [0, 0.1) is 0 Å². The summed E-state index contributed by atoms with van der Waals surface area (Å²) < 4.78 is 4.99. The van der Waals surface area contributed by atoms with Crippen LogP contribution in [0.2, 0.25) is 0 Å². The lowest BCUT2D eigenvalue weighted by molar-refractivity contribution is -0.149. The lowest BCUT2D eigenvalue weighted by atomic mass is 9.97. The van der Waals surface area contributed by atoms with Gasteiger partial charge in [-0.05, 0) is 23.1 Å². The molecule has 0 fully saturated rings. The van der Waals surface area contributed by atoms with Gasteiger partial charge in [0, 0.05) is 26.0 Å². The van der Waals surface area contributed by atoms with Crippen molar-refractivity contribution in [2.45, 2.75) is 37.8 Å². The number of methoxy groups -OCH3 is 1. The number of carbonyl (C=O) groups excluding carboxylic acids is 1. The average Bonchev–Trinajstić information content (AvgIpc) is 2.71. The zero-order chi connectivity index (χ0) is 21.2. The first-order chi connectivity index (χ1) is 13.9. The van der Waals surface area contributed by atoms with E-state index in [-0.39, 0.29) is 19.3 Å². The summed E-state index contributed by atoms with van der Waals surface area (Å²) in [6, 6.07) is 17.2. The molecule has 2 unspecified atom stereocenters. The van der Waals surface area contributed by atoms with Crippen molar-refractivity contribution in [2.75, 3.05) is 7.11 Å². The summed E-state index contributed by atoms with van der Waals surface area (Å²) in [6.45, 7) is 0. The van der Waals surface area contributed by atoms with E-state index in [1.807, 2.05) is 54.6 Å². The third-order valence-electron chi connectivity index (χ3n) is 4.53. The van der Waals surface area contributed by atoms with Crippen LogP contribution >= 0.6 is 0 Å². The van der Waals surface area contributed by atoms with Crippen LogP contribution < -0.4 is 5.32 Å². The molecular weight excluding hydrogens is 374 g/mol. The highest BCUT2D eigenvalue weighted by Crippen LogP contribution is 2.20. The minimum Gasteiger partial charge on any atom is -0.481 e. The van der Waals surface area contributed by atoms with Gasteiger partial charge in [-0.1, -0.05) is 54.6 Å². The second-order valence-electron chi connectivity index (χ2n) is 6.72. The van der Waals surface area contributed by atoms with Crippen LogP contribution in [0.25, 0.3) is 11.1 Å². The second-order valence-corrected chi connectivity index (χ2v) is 6.72. The van der Waals surface area contributed by atoms with Crippen molar-refractivity contribution in [1.82, 2.24) is 5.32 Å². The first kappa shape index (κ1) is 22.1. The van der Waals surface area contributed by atoms with Gasteiger partial charge in [0.15, 0.2) is 6.10 Å². The maximum atomic E-state index is 12.1. The minimum atomic E-state index is -1.11. The summed E-state index contributed by atoms with van der Waals surface area (Å²) in [5.41, 5.74) is 3.06. The van der Waals surface area contributed by atoms with Crippen molar-refractivity contribution in [1.29, 1.82) is 0 Å². The van der Waals surface area contributed by atoms with Crippen molar-refractivity contribution in [3.63, 3.8) is 0 Å². The van der Waals surface area contributed by atoms with Gasteiger partial charge in [-0.25, -0.2) is 4.79 Å². The van der Waals surface area contributed by atoms with Gasteiger partial charge in [0.25, 0.3) is 0 Å². The van der Waals surface area contributed by atoms with Crippen molar-refractivity contribution in [3.05, 3.63) is 60.2 Å². The van der Waals surface area contributed by atoms with Crippen LogP contribution in [0.3, 0.4) is 0 Å². The summed E-state index contributed by atoms with van der Waals surface area (Å²) in [5, 5.41) is 20.7. The number of benzene rings is 2. The largest absolute Gasteiger partial charge is 0.481 e. The summed E-state index contributed by atoms with van der Waals surface area (Å²) in [6.07, 6.45) is -1.03. The smallest absolute Gasteiger partial charge is 0.332 e. The molecule has 0 bridgehead atoms. The summed E-state index contributed by atoms with van der Waals surface area (Å²) in [7, 11) is 1.30. The van der Waals surface area contributed by atoms with Crippen LogP contribution in [0.4, 0.5) is 0 Å². The molecule has 2 atom stereocenters. The molecule has 0 heterocycles. The number of carbonyl (C=O) groups is 3. The Balaban J connectivity index is 2.09. The molecule has 0 saturated carbocycles. The van der Waals surface area contributed by atoms with Gasteiger partial charge in [-0.3, -0.25) is 9.59 Å². The van der Waals surface area contributed by atoms with Gasteiger partial charge in [0.1, 0.15) is 0 Å². The number of rotatable bonds is 11. The van der Waals surface area contributed by atoms with Gasteiger partial charge in [-0.15, -0.1) is 0 Å². The molecule has 2 aromatic rings. The van der Waals surface area contributed by atoms with Crippen LogP contribution in [0.15, 0.2) is 54.6 Å². The van der Waals surface area contributed by atoms with Crippen LogP contribution in [0.1, 0.15) is 24.8 Å². The van der Waals surface area contributed by atoms with Gasteiger partial charge >= 0.3 is 11.9 Å². The highest BCUT2D eigenvalue weighted by molar-refractivity contribution is 5.81. The highest BCUT2D eigenvalue weighted by Gasteiger charge is 2.24. The Bertz CT molecular complexity index is 819. The number of carboxylic acid groups (broad SMARTS) is 2. The Hall–Kier alpha value is -3.19. The van der Waals surface area contributed by atoms with Gasteiger partial charge in [-0.2, -0.15) is 0 Å². The Morgan fingerprint density at radius 2 is 1.55 bits per heavy atom. The fourth-order valence-corrected chi connectivity index (χ4v) is 3.02. The molecule has 0 aromatic heterocycles. The predicted molar refractivity (Wildman–Crippen MR) is 107 cm³/mol. The number of nitrogens with one attached hydrogen (secondary N) is 1. The van der Waals surface area contributed by atoms with Crippen molar-refractivity contribution in [2.24, 2.45) is 0 Å². The molecule has 7 nitrogen and oxygen atoms in total. The van der Waals surface area contributed by atoms with Crippen molar-refractivity contribution >= 4 is 17.8 Å². The molecule has 1 amide bonds. The molecule has 2 aromatic carbocycles. The van der Waals surface area contributed by atoms with Crippen molar-refractivity contribution in [3.8, 4) is 11.1 Å². The summed E-state index contributed by atoms with van der Waals surface area (Å²) >= 11 is 0. The SMILES string of the molecule is COC(CC(Cc1ccc(-c2ccccc2)cc1)NC(=O)CCC(=O)O)C(=O)O. The molecule has 0 radical (unpaired) electrons. The zero-order valence-corrected chi connectivity index (χ0v) is 16.2. The van der Waals surface area contributed by atoms with E-state index in [4.69, 9.17) is 9.84 Å². The van der Waals surface area contributed by atoms with E-state index in [0.717, 1.165) is 16.7 Å². The number of amides is 1. The van der Waals surface area contributed by atoms with E-state index in [9.17, 15) is 19.5 Å². The molecule has 2 rings (SSSR count). The lowest BCUT2D eigenvalue weighted by Gasteiger charge is -2.22. The number of ether oxygens (including phenoxy) is 1. The van der Waals surface area contributed by atoms with Crippen LogP contribution in [-0.4, -0.2) is 47.3 Å². The van der Waals surface area contributed by atoms with E-state index in [2.05, 4.69) is 5.32 Å². The van der Waals surface area contributed by atoms with Gasteiger partial charge < -0.3 is 20.3 Å². The molecule has 0 aliphatic rings. The quantitative estimate of drug-likeness (QED) is 0.535. The molecule has 0 spiro atoms. The standard InChI is InChI=1S/C22H25NO6/c1-29-19(22(27)28)14-18(23-20(24)11-12-21(25)26)13-15-7-9-17(10-8-15)16-5-3-2-4-6-16/h2-10,18-19H,11-14H2,1H3,(H,23,24)(H,25,26)(H,27,28). The molecule has 154 valence electrons. The van der Waals surface area contributed by atoms with E-state index < -0.39 is 30.0 Å². The molecule has 3 N–H and O–H groups in total. The summed E-state index contributed by atoms with van der Waals surface area (Å²) in [5.74, 6) is -2.61. The topological polar surface area (TPSA) is 113 Å². The van der Waals surface area contributed by atoms with E-state index in [0.29, 0.717) is 6.42 Å². The predicted octanol–water partition coefficient (Wildman–Crippen LogP) is 2.74. The van der Waals surface area contributed by atoms with Crippen LogP contribution in [-0.2, 0) is 25.5 Å². The molecule has 29 heavy (non-hydrogen) atoms. The second kappa shape index (κ2) is 11.0. The minimum absolute atomic E-state index is 0.0745. The third kappa shape index (κ3) is 7.38. The Morgan fingerprint density at radius 3 is 2.10 bits per heavy atom. The normalized spacial score (nSPS) is 12.7. The number of hydrogen-bond donors (Lipinski definition) is 3. The maximum absolute atomic E-state index is 12.1. The zero-order valence-electron chi connectivity index (χ0n) is 16.2. The Kier molecular flexibility index (Phi) is 8.36. The number of carboxylic acids is 2. The lowest BCUT2D eigenvalue weighted by Crippen LogP contribution is -2.41. The molecular formula is C22H25NO6. The molecule has 0 saturated heterocycles. The van der Waals surface area contributed by atoms with Crippen molar-refractivity contribution < 1.29 is 29.3 Å². The maximum Gasteiger partial charge on any atom is 0.332 e. The molecule has 0 aliphatic heterocycles. The first-order valence-electron chi connectivity index (χ1n) is 9.30. The Morgan fingerprint density at radius 1 is 0.931 bits per heavy atom. The van der Waals surface area contributed by atoms with Gasteiger partial charge in [0.2, 0.25) is 5.91 Å². The highest BCUT2D eigenvalue weighted by atomic mass is 16.5. The van der Waals surface area contributed by atoms with E-state index in [1.165, 1.54) is 7.11 Å². The first-order valence-corrected chi connectivity index (χ1v) is 9.30. The molecule has 7 heteroatoms. The monoisotopic (exact) mass is 399 g/mol. The fourth-order valence-electron chi connectivity index (χ4n) is 3.02. The summed E-state index contributed by atoms with van der Waals surface area (Å²) in [4.78, 5) is 34.0. The van der Waals surface area contributed by atoms with Gasteiger partial charge in [0.05, 0.1) is 6.42 Å².